The van der Waals surface area contributed by atoms with Crippen molar-refractivity contribution < 1.29 is 17.9 Å². The Morgan fingerprint density at radius 2 is 1.78 bits per heavy atom. The standard InChI is InChI=1S/C19H23ClN2O4S/c1-13(15-8-10-18(26-3)11-9-15)21-19(23)14(2)22(27(4,24)25)17-7-5-6-16(20)12-17/h5-14H,1-4H3,(H,21,23)/t13-,14+/m0/s1. The number of hydrogen-bond acceptors (Lipinski definition) is 4. The van der Waals surface area contributed by atoms with E-state index in [2.05, 4.69) is 5.32 Å². The largest absolute Gasteiger partial charge is 0.497 e. The van der Waals surface area contributed by atoms with Gasteiger partial charge in [-0.3, -0.25) is 9.10 Å². The number of methoxy groups -OCH3 is 1. The fraction of sp³-hybridized carbons (Fsp3) is 0.316. The zero-order valence-electron chi connectivity index (χ0n) is 15.6. The normalized spacial score (nSPS) is 13.5. The quantitative estimate of drug-likeness (QED) is 0.759. The van der Waals surface area contributed by atoms with Gasteiger partial charge in [0.1, 0.15) is 11.8 Å². The molecule has 6 nitrogen and oxygen atoms in total. The summed E-state index contributed by atoms with van der Waals surface area (Å²) in [6.45, 7) is 3.37. The number of sulfonamides is 1. The van der Waals surface area contributed by atoms with Crippen molar-refractivity contribution >= 4 is 33.2 Å². The number of nitrogens with zero attached hydrogens (tertiary/aromatic N) is 1. The van der Waals surface area contributed by atoms with Gasteiger partial charge in [0.25, 0.3) is 0 Å². The summed E-state index contributed by atoms with van der Waals surface area (Å²) in [7, 11) is -2.11. The molecule has 0 aromatic heterocycles. The van der Waals surface area contributed by atoms with Crippen LogP contribution >= 0.6 is 11.6 Å². The van der Waals surface area contributed by atoms with Crippen LogP contribution in [0.5, 0.6) is 5.75 Å². The Kier molecular flexibility index (Phi) is 6.73. The first-order valence-electron chi connectivity index (χ1n) is 8.32. The summed E-state index contributed by atoms with van der Waals surface area (Å²) in [5, 5.41) is 3.24. The number of carbonyl (C=O) groups is 1. The molecule has 0 saturated heterocycles. The van der Waals surface area contributed by atoms with Crippen molar-refractivity contribution in [3.63, 3.8) is 0 Å². The molecular weight excluding hydrogens is 388 g/mol. The van der Waals surface area contributed by atoms with E-state index in [9.17, 15) is 13.2 Å². The first-order chi connectivity index (χ1) is 12.6. The van der Waals surface area contributed by atoms with Gasteiger partial charge in [-0.25, -0.2) is 8.42 Å². The third-order valence-corrected chi connectivity index (χ3v) is 5.60. The molecule has 2 rings (SSSR count). The molecule has 27 heavy (non-hydrogen) atoms. The molecule has 0 aliphatic rings. The molecule has 0 aliphatic carbocycles. The third kappa shape index (κ3) is 5.37. The molecule has 0 bridgehead atoms. The van der Waals surface area contributed by atoms with Gasteiger partial charge in [0.15, 0.2) is 0 Å². The number of halogens is 1. The van der Waals surface area contributed by atoms with Crippen molar-refractivity contribution in [1.82, 2.24) is 5.32 Å². The molecule has 0 fully saturated rings. The van der Waals surface area contributed by atoms with Gasteiger partial charge < -0.3 is 10.1 Å². The Balaban J connectivity index is 2.21. The molecule has 146 valence electrons. The summed E-state index contributed by atoms with van der Waals surface area (Å²) < 4.78 is 30.8. The molecule has 0 saturated carbocycles. The molecule has 1 N–H and O–H groups in total. The fourth-order valence-corrected chi connectivity index (χ4v) is 4.08. The summed E-state index contributed by atoms with van der Waals surface area (Å²) in [5.74, 6) is 0.304. The number of carbonyl (C=O) groups excluding carboxylic acids is 1. The van der Waals surface area contributed by atoms with E-state index < -0.39 is 22.0 Å². The number of hydrogen-bond donors (Lipinski definition) is 1. The van der Waals surface area contributed by atoms with Crippen LogP contribution in [0.1, 0.15) is 25.5 Å². The van der Waals surface area contributed by atoms with Crippen LogP contribution in [0.25, 0.3) is 0 Å². The second-order valence-electron chi connectivity index (χ2n) is 6.22. The van der Waals surface area contributed by atoms with Crippen LogP contribution in [0, 0.1) is 0 Å². The monoisotopic (exact) mass is 410 g/mol. The molecule has 2 aromatic carbocycles. The molecule has 0 spiro atoms. The molecule has 2 atom stereocenters. The fourth-order valence-electron chi connectivity index (χ4n) is 2.73. The number of rotatable bonds is 7. The molecule has 0 unspecified atom stereocenters. The van der Waals surface area contributed by atoms with Crippen LogP contribution < -0.4 is 14.4 Å². The molecule has 8 heteroatoms. The zero-order chi connectivity index (χ0) is 20.2. The average Bonchev–Trinajstić information content (AvgIpc) is 2.60. The smallest absolute Gasteiger partial charge is 0.244 e. The number of benzene rings is 2. The Morgan fingerprint density at radius 3 is 2.30 bits per heavy atom. The van der Waals surface area contributed by atoms with E-state index in [1.54, 1.807) is 37.4 Å². The highest BCUT2D eigenvalue weighted by Gasteiger charge is 2.30. The summed E-state index contributed by atoms with van der Waals surface area (Å²) in [4.78, 5) is 12.7. The van der Waals surface area contributed by atoms with Crippen molar-refractivity contribution in [3.8, 4) is 5.75 Å². The summed E-state index contributed by atoms with van der Waals surface area (Å²) in [5.41, 5.74) is 1.22. The van der Waals surface area contributed by atoms with E-state index in [0.29, 0.717) is 10.7 Å². The lowest BCUT2D eigenvalue weighted by molar-refractivity contribution is -0.122. The Hall–Kier alpha value is -2.25. The van der Waals surface area contributed by atoms with E-state index in [4.69, 9.17) is 16.3 Å². The molecule has 0 aliphatic heterocycles. The summed E-state index contributed by atoms with van der Waals surface area (Å²) in [6, 6.07) is 12.4. The van der Waals surface area contributed by atoms with Crippen LogP contribution in [0.15, 0.2) is 48.5 Å². The van der Waals surface area contributed by atoms with Crippen LogP contribution in [0.2, 0.25) is 5.02 Å². The minimum Gasteiger partial charge on any atom is -0.497 e. The van der Waals surface area contributed by atoms with Gasteiger partial charge in [-0.15, -0.1) is 0 Å². The number of nitrogens with one attached hydrogen (secondary N) is 1. The van der Waals surface area contributed by atoms with E-state index in [0.717, 1.165) is 21.9 Å². The second kappa shape index (κ2) is 8.63. The Bertz CT molecular complexity index is 900. The van der Waals surface area contributed by atoms with Gasteiger partial charge in [-0.1, -0.05) is 29.8 Å². The van der Waals surface area contributed by atoms with Gasteiger partial charge in [0.05, 0.1) is 25.1 Å². The molecular formula is C19H23ClN2O4S. The number of anilines is 1. The maximum atomic E-state index is 12.7. The first kappa shape index (κ1) is 21.1. The highest BCUT2D eigenvalue weighted by Crippen LogP contribution is 2.25. The van der Waals surface area contributed by atoms with Crippen molar-refractivity contribution in [1.29, 1.82) is 0 Å². The molecule has 0 radical (unpaired) electrons. The predicted molar refractivity (Wildman–Crippen MR) is 108 cm³/mol. The van der Waals surface area contributed by atoms with E-state index in [1.807, 2.05) is 19.1 Å². The first-order valence-corrected chi connectivity index (χ1v) is 10.6. The van der Waals surface area contributed by atoms with Crippen LogP contribution in [-0.4, -0.2) is 33.7 Å². The highest BCUT2D eigenvalue weighted by atomic mass is 35.5. The lowest BCUT2D eigenvalue weighted by Gasteiger charge is -2.29. The maximum Gasteiger partial charge on any atom is 0.244 e. The van der Waals surface area contributed by atoms with Crippen LogP contribution in [-0.2, 0) is 14.8 Å². The molecule has 1 amide bonds. The maximum absolute atomic E-state index is 12.7. The van der Waals surface area contributed by atoms with Crippen molar-refractivity contribution in [2.75, 3.05) is 17.7 Å². The second-order valence-corrected chi connectivity index (χ2v) is 8.51. The average molecular weight is 411 g/mol. The van der Waals surface area contributed by atoms with E-state index in [-0.39, 0.29) is 6.04 Å². The molecule has 0 heterocycles. The van der Waals surface area contributed by atoms with Crippen LogP contribution in [0.3, 0.4) is 0 Å². The van der Waals surface area contributed by atoms with E-state index in [1.165, 1.54) is 13.0 Å². The molecule has 2 aromatic rings. The lowest BCUT2D eigenvalue weighted by Crippen LogP contribution is -2.48. The minimum atomic E-state index is -3.69. The predicted octanol–water partition coefficient (Wildman–Crippen LogP) is 3.38. The van der Waals surface area contributed by atoms with Gasteiger partial charge in [0, 0.05) is 5.02 Å². The van der Waals surface area contributed by atoms with Crippen molar-refractivity contribution in [2.45, 2.75) is 25.9 Å². The van der Waals surface area contributed by atoms with E-state index >= 15 is 0 Å². The Morgan fingerprint density at radius 1 is 1.15 bits per heavy atom. The topological polar surface area (TPSA) is 75.7 Å². The van der Waals surface area contributed by atoms with Gasteiger partial charge >= 0.3 is 0 Å². The van der Waals surface area contributed by atoms with Gasteiger partial charge in [0.2, 0.25) is 15.9 Å². The minimum absolute atomic E-state index is 0.299. The zero-order valence-corrected chi connectivity index (χ0v) is 17.2. The SMILES string of the molecule is COc1ccc([C@H](C)NC(=O)[C@@H](C)N(c2cccc(Cl)c2)S(C)(=O)=O)cc1. The third-order valence-electron chi connectivity index (χ3n) is 4.13. The number of amides is 1. The Labute approximate surface area is 165 Å². The van der Waals surface area contributed by atoms with Crippen molar-refractivity contribution in [3.05, 3.63) is 59.1 Å². The number of ether oxygens (including phenoxy) is 1. The van der Waals surface area contributed by atoms with Gasteiger partial charge in [-0.05, 0) is 49.7 Å². The lowest BCUT2D eigenvalue weighted by atomic mass is 10.1. The van der Waals surface area contributed by atoms with Gasteiger partial charge in [-0.2, -0.15) is 0 Å². The summed E-state index contributed by atoms with van der Waals surface area (Å²) in [6.07, 6.45) is 1.06. The van der Waals surface area contributed by atoms with Crippen LogP contribution in [0.4, 0.5) is 5.69 Å². The highest BCUT2D eigenvalue weighted by molar-refractivity contribution is 7.92. The summed E-state index contributed by atoms with van der Waals surface area (Å²) >= 11 is 5.98. The van der Waals surface area contributed by atoms with Crippen molar-refractivity contribution in [2.24, 2.45) is 0 Å².